The Morgan fingerprint density at radius 1 is 1.12 bits per heavy atom. The van der Waals surface area contributed by atoms with Gasteiger partial charge in [0, 0.05) is 25.5 Å². The van der Waals surface area contributed by atoms with Crippen molar-refractivity contribution < 1.29 is 14.3 Å². The van der Waals surface area contributed by atoms with Crippen molar-refractivity contribution in [2.75, 3.05) is 13.6 Å². The molecule has 0 N–H and O–H groups in total. The molecule has 1 aliphatic rings. The summed E-state index contributed by atoms with van der Waals surface area (Å²) in [6, 6.07) is 18.2. The first-order valence-electron chi connectivity index (χ1n) is 9.32. The number of carbonyl (C=O) groups excluding carboxylic acids is 1. The second-order valence-electron chi connectivity index (χ2n) is 6.95. The molecule has 0 spiro atoms. The Hall–Kier alpha value is -2.33. The Balaban J connectivity index is 1.78. The lowest BCUT2D eigenvalue weighted by Crippen LogP contribution is -2.37. The quantitative estimate of drug-likeness (QED) is 0.562. The van der Waals surface area contributed by atoms with Crippen LogP contribution in [0.3, 0.4) is 0 Å². The Bertz CT molecular complexity index is 716. The highest BCUT2D eigenvalue weighted by Crippen LogP contribution is 2.31. The number of rotatable bonds is 6. The molecular formula is C22H27NO3. The standard InChI is InChI=1S/C22H27NO3/c1-17(24)25-20-12-8-13-21(16-20)26-22(18-9-4-3-5-10-18)15-19-11-6-7-14-23(19)2/h3-5,8-10,12-13,16,19,22H,6-7,11,14-15H2,1-2H3. The molecule has 2 unspecified atom stereocenters. The molecule has 4 nitrogen and oxygen atoms in total. The van der Waals surface area contributed by atoms with E-state index in [0.29, 0.717) is 11.8 Å². The number of carbonyl (C=O) groups is 1. The van der Waals surface area contributed by atoms with E-state index in [1.165, 1.54) is 31.7 Å². The van der Waals surface area contributed by atoms with Crippen LogP contribution in [0.25, 0.3) is 0 Å². The first-order chi connectivity index (χ1) is 12.6. The molecule has 3 rings (SSSR count). The van der Waals surface area contributed by atoms with Crippen LogP contribution >= 0.6 is 0 Å². The zero-order chi connectivity index (χ0) is 18.4. The van der Waals surface area contributed by atoms with E-state index >= 15 is 0 Å². The summed E-state index contributed by atoms with van der Waals surface area (Å²) in [7, 11) is 2.20. The van der Waals surface area contributed by atoms with E-state index < -0.39 is 0 Å². The molecule has 1 fully saturated rings. The van der Waals surface area contributed by atoms with Crippen LogP contribution in [0.4, 0.5) is 0 Å². The molecule has 0 amide bonds. The largest absolute Gasteiger partial charge is 0.486 e. The Labute approximate surface area is 155 Å². The fourth-order valence-corrected chi connectivity index (χ4v) is 3.55. The van der Waals surface area contributed by atoms with Crippen LogP contribution in [0.2, 0.25) is 0 Å². The summed E-state index contributed by atoms with van der Waals surface area (Å²) in [5.41, 5.74) is 1.17. The SMILES string of the molecule is CC(=O)Oc1cccc(OC(CC2CCCCN2C)c2ccccc2)c1. The first-order valence-corrected chi connectivity index (χ1v) is 9.32. The summed E-state index contributed by atoms with van der Waals surface area (Å²) < 4.78 is 11.5. The number of hydrogen-bond acceptors (Lipinski definition) is 4. The van der Waals surface area contributed by atoms with Gasteiger partial charge in [-0.2, -0.15) is 0 Å². The van der Waals surface area contributed by atoms with Crippen molar-refractivity contribution in [2.45, 2.75) is 44.8 Å². The summed E-state index contributed by atoms with van der Waals surface area (Å²) in [6.45, 7) is 2.55. The van der Waals surface area contributed by atoms with Crippen molar-refractivity contribution in [1.29, 1.82) is 0 Å². The van der Waals surface area contributed by atoms with Crippen molar-refractivity contribution in [1.82, 2.24) is 4.90 Å². The van der Waals surface area contributed by atoms with Crippen LogP contribution < -0.4 is 9.47 Å². The fourth-order valence-electron chi connectivity index (χ4n) is 3.55. The van der Waals surface area contributed by atoms with Gasteiger partial charge in [-0.05, 0) is 44.1 Å². The molecule has 138 valence electrons. The Kier molecular flexibility index (Phi) is 6.29. The fraction of sp³-hybridized carbons (Fsp3) is 0.409. The van der Waals surface area contributed by atoms with Gasteiger partial charge in [-0.1, -0.05) is 42.8 Å². The van der Waals surface area contributed by atoms with Gasteiger partial charge in [0.1, 0.15) is 17.6 Å². The van der Waals surface area contributed by atoms with Crippen LogP contribution in [-0.2, 0) is 4.79 Å². The molecular weight excluding hydrogens is 326 g/mol. The molecule has 0 bridgehead atoms. The number of esters is 1. The van der Waals surface area contributed by atoms with E-state index in [9.17, 15) is 4.79 Å². The van der Waals surface area contributed by atoms with Crippen molar-refractivity contribution in [2.24, 2.45) is 0 Å². The van der Waals surface area contributed by atoms with Crippen LogP contribution in [0.15, 0.2) is 54.6 Å². The van der Waals surface area contributed by atoms with Crippen LogP contribution in [-0.4, -0.2) is 30.5 Å². The molecule has 2 aromatic carbocycles. The highest BCUT2D eigenvalue weighted by Gasteiger charge is 2.25. The number of benzene rings is 2. The third-order valence-electron chi connectivity index (χ3n) is 4.92. The predicted molar refractivity (Wildman–Crippen MR) is 102 cm³/mol. The van der Waals surface area contributed by atoms with E-state index in [2.05, 4.69) is 24.1 Å². The summed E-state index contributed by atoms with van der Waals surface area (Å²) in [4.78, 5) is 13.6. The van der Waals surface area contributed by atoms with Gasteiger partial charge in [0.25, 0.3) is 0 Å². The number of nitrogens with zero attached hydrogens (tertiary/aromatic N) is 1. The van der Waals surface area contributed by atoms with Crippen LogP contribution in [0, 0.1) is 0 Å². The zero-order valence-electron chi connectivity index (χ0n) is 15.6. The maximum absolute atomic E-state index is 11.2. The molecule has 0 saturated carbocycles. The predicted octanol–water partition coefficient (Wildman–Crippen LogP) is 4.61. The number of piperidine rings is 1. The molecule has 2 aromatic rings. The molecule has 0 radical (unpaired) electrons. The van der Waals surface area contributed by atoms with Gasteiger partial charge in [-0.15, -0.1) is 0 Å². The highest BCUT2D eigenvalue weighted by molar-refractivity contribution is 5.69. The minimum Gasteiger partial charge on any atom is -0.486 e. The summed E-state index contributed by atoms with van der Waals surface area (Å²) in [5, 5.41) is 0. The van der Waals surface area contributed by atoms with Crippen molar-refractivity contribution in [3.63, 3.8) is 0 Å². The van der Waals surface area contributed by atoms with E-state index in [4.69, 9.17) is 9.47 Å². The van der Waals surface area contributed by atoms with Crippen molar-refractivity contribution in [3.05, 3.63) is 60.2 Å². The molecule has 4 heteroatoms. The third-order valence-corrected chi connectivity index (χ3v) is 4.92. The summed E-state index contributed by atoms with van der Waals surface area (Å²) >= 11 is 0. The lowest BCUT2D eigenvalue weighted by molar-refractivity contribution is -0.131. The first kappa shape index (κ1) is 18.5. The second kappa shape index (κ2) is 8.86. The number of likely N-dealkylation sites (tertiary alicyclic amines) is 1. The highest BCUT2D eigenvalue weighted by atomic mass is 16.5. The van der Waals surface area contributed by atoms with Gasteiger partial charge in [-0.3, -0.25) is 4.79 Å². The van der Waals surface area contributed by atoms with E-state index in [0.717, 1.165) is 18.7 Å². The van der Waals surface area contributed by atoms with Crippen LogP contribution in [0.1, 0.15) is 44.3 Å². The monoisotopic (exact) mass is 353 g/mol. The average molecular weight is 353 g/mol. The number of hydrogen-bond donors (Lipinski definition) is 0. The molecule has 26 heavy (non-hydrogen) atoms. The smallest absolute Gasteiger partial charge is 0.308 e. The lowest BCUT2D eigenvalue weighted by atomic mass is 9.94. The van der Waals surface area contributed by atoms with Crippen molar-refractivity contribution >= 4 is 5.97 Å². The van der Waals surface area contributed by atoms with Crippen LogP contribution in [0.5, 0.6) is 11.5 Å². The molecule has 1 saturated heterocycles. The van der Waals surface area contributed by atoms with Gasteiger partial charge in [0.15, 0.2) is 0 Å². The minimum atomic E-state index is -0.328. The summed E-state index contributed by atoms with van der Waals surface area (Å²) in [6.07, 6.45) is 4.66. The molecule has 0 aliphatic carbocycles. The minimum absolute atomic E-state index is 0.0330. The topological polar surface area (TPSA) is 38.8 Å². The van der Waals surface area contributed by atoms with Crippen molar-refractivity contribution in [3.8, 4) is 11.5 Å². The molecule has 1 heterocycles. The number of ether oxygens (including phenoxy) is 2. The third kappa shape index (κ3) is 5.09. The lowest BCUT2D eigenvalue weighted by Gasteiger charge is -2.35. The van der Waals surface area contributed by atoms with Gasteiger partial charge in [-0.25, -0.2) is 0 Å². The molecule has 0 aromatic heterocycles. The Morgan fingerprint density at radius 2 is 1.88 bits per heavy atom. The van der Waals surface area contributed by atoms with E-state index in [1.807, 2.05) is 30.3 Å². The maximum Gasteiger partial charge on any atom is 0.308 e. The van der Waals surface area contributed by atoms with Gasteiger partial charge in [0.05, 0.1) is 0 Å². The zero-order valence-corrected chi connectivity index (χ0v) is 15.6. The molecule has 1 aliphatic heterocycles. The maximum atomic E-state index is 11.2. The Morgan fingerprint density at radius 3 is 2.62 bits per heavy atom. The normalized spacial score (nSPS) is 18.9. The van der Waals surface area contributed by atoms with Gasteiger partial charge < -0.3 is 14.4 Å². The summed E-state index contributed by atoms with van der Waals surface area (Å²) in [5.74, 6) is 0.901. The van der Waals surface area contributed by atoms with E-state index in [1.54, 1.807) is 12.1 Å². The average Bonchev–Trinajstić information content (AvgIpc) is 2.63. The molecule has 2 atom stereocenters. The van der Waals surface area contributed by atoms with E-state index in [-0.39, 0.29) is 12.1 Å². The second-order valence-corrected chi connectivity index (χ2v) is 6.95. The van der Waals surface area contributed by atoms with Gasteiger partial charge >= 0.3 is 5.97 Å². The van der Waals surface area contributed by atoms with Gasteiger partial charge in [0.2, 0.25) is 0 Å².